The highest BCUT2D eigenvalue weighted by Crippen LogP contribution is 2.22. The summed E-state index contributed by atoms with van der Waals surface area (Å²) in [5.41, 5.74) is 1.81. The van der Waals surface area contributed by atoms with Gasteiger partial charge >= 0.3 is 0 Å². The van der Waals surface area contributed by atoms with Gasteiger partial charge in [-0.1, -0.05) is 13.8 Å². The number of nitrogens with one attached hydrogen (secondary N) is 1. The van der Waals surface area contributed by atoms with E-state index in [1.807, 2.05) is 20.9 Å². The molecule has 0 bridgehead atoms. The Balaban J connectivity index is 2.07. The van der Waals surface area contributed by atoms with Crippen molar-refractivity contribution in [3.63, 3.8) is 0 Å². The highest BCUT2D eigenvalue weighted by molar-refractivity contribution is 5.88. The Morgan fingerprint density at radius 3 is 2.70 bits per heavy atom. The van der Waals surface area contributed by atoms with Crippen LogP contribution < -0.4 is 10.1 Å². The molecule has 1 aromatic heterocycles. The number of hydrogen-bond acceptors (Lipinski definition) is 4. The Kier molecular flexibility index (Phi) is 5.63. The Morgan fingerprint density at radius 2 is 2.17 bits per heavy atom. The van der Waals surface area contributed by atoms with Crippen molar-refractivity contribution in [1.82, 2.24) is 20.0 Å². The quantitative estimate of drug-likeness (QED) is 0.813. The molecule has 1 saturated heterocycles. The van der Waals surface area contributed by atoms with Crippen LogP contribution >= 0.6 is 0 Å². The molecular weight excluding hydrogens is 296 g/mol. The lowest BCUT2D eigenvalue weighted by molar-refractivity contribution is -0.137. The van der Waals surface area contributed by atoms with E-state index in [2.05, 4.69) is 10.4 Å². The number of aryl methyl sites for hydroxylation is 2. The summed E-state index contributed by atoms with van der Waals surface area (Å²) in [4.78, 5) is 26.1. The smallest absolute Gasteiger partial charge is 0.243 e. The van der Waals surface area contributed by atoms with Crippen molar-refractivity contribution < 1.29 is 14.3 Å². The minimum Gasteiger partial charge on any atom is -0.481 e. The fraction of sp³-hybridized carbons (Fsp3) is 0.688. The number of methoxy groups -OCH3 is 1. The van der Waals surface area contributed by atoms with E-state index in [1.54, 1.807) is 16.7 Å². The van der Waals surface area contributed by atoms with Crippen molar-refractivity contribution in [2.45, 2.75) is 52.1 Å². The van der Waals surface area contributed by atoms with E-state index in [1.165, 1.54) is 0 Å². The van der Waals surface area contributed by atoms with Crippen LogP contribution in [0.1, 0.15) is 44.4 Å². The average Bonchev–Trinajstić information content (AvgIpc) is 3.09. The molecule has 1 aromatic rings. The van der Waals surface area contributed by atoms with Gasteiger partial charge in [-0.3, -0.25) is 9.59 Å². The predicted octanol–water partition coefficient (Wildman–Crippen LogP) is 1.01. The van der Waals surface area contributed by atoms with E-state index in [0.717, 1.165) is 24.1 Å². The van der Waals surface area contributed by atoms with Crippen LogP contribution in [-0.4, -0.2) is 46.2 Å². The molecule has 0 spiro atoms. The van der Waals surface area contributed by atoms with E-state index in [4.69, 9.17) is 4.74 Å². The highest BCUT2D eigenvalue weighted by atomic mass is 16.5. The molecule has 23 heavy (non-hydrogen) atoms. The van der Waals surface area contributed by atoms with E-state index in [0.29, 0.717) is 31.8 Å². The molecule has 1 aliphatic heterocycles. The van der Waals surface area contributed by atoms with Crippen molar-refractivity contribution in [2.75, 3.05) is 13.7 Å². The molecule has 0 aromatic carbocycles. The maximum absolute atomic E-state index is 12.5. The SMILES string of the molecule is CCc1nn(C)c(OC)c1CNC(=O)C(CC)N1CCCC1=O. The number of carbonyl (C=O) groups excluding carboxylic acids is 2. The largest absolute Gasteiger partial charge is 0.481 e. The van der Waals surface area contributed by atoms with Gasteiger partial charge in [-0.2, -0.15) is 5.10 Å². The van der Waals surface area contributed by atoms with Gasteiger partial charge in [0, 0.05) is 20.0 Å². The molecule has 2 amide bonds. The number of likely N-dealkylation sites (tertiary alicyclic amines) is 1. The van der Waals surface area contributed by atoms with E-state index < -0.39 is 6.04 Å². The summed E-state index contributed by atoms with van der Waals surface area (Å²) in [5, 5.41) is 7.35. The van der Waals surface area contributed by atoms with E-state index in [9.17, 15) is 9.59 Å². The summed E-state index contributed by atoms with van der Waals surface area (Å²) in [6, 6.07) is -0.391. The van der Waals surface area contributed by atoms with Crippen LogP contribution in [0, 0.1) is 0 Å². The maximum Gasteiger partial charge on any atom is 0.243 e. The van der Waals surface area contributed by atoms with Crippen LogP contribution in [0.15, 0.2) is 0 Å². The van der Waals surface area contributed by atoms with Crippen molar-refractivity contribution in [2.24, 2.45) is 7.05 Å². The summed E-state index contributed by atoms with van der Waals surface area (Å²) in [6.07, 6.45) is 2.76. The Labute approximate surface area is 137 Å². The lowest BCUT2D eigenvalue weighted by Crippen LogP contribution is -2.47. The van der Waals surface area contributed by atoms with E-state index in [-0.39, 0.29) is 11.8 Å². The van der Waals surface area contributed by atoms with Gasteiger partial charge in [-0.25, -0.2) is 4.68 Å². The second-order valence-corrected chi connectivity index (χ2v) is 5.74. The lowest BCUT2D eigenvalue weighted by Gasteiger charge is -2.25. The highest BCUT2D eigenvalue weighted by Gasteiger charge is 2.31. The first-order chi connectivity index (χ1) is 11.0. The first kappa shape index (κ1) is 17.3. The van der Waals surface area contributed by atoms with Crippen LogP contribution in [-0.2, 0) is 29.6 Å². The van der Waals surface area contributed by atoms with Crippen molar-refractivity contribution in [3.8, 4) is 5.88 Å². The van der Waals surface area contributed by atoms with Gasteiger partial charge in [0.2, 0.25) is 17.7 Å². The zero-order valence-electron chi connectivity index (χ0n) is 14.4. The Hall–Kier alpha value is -2.05. The Morgan fingerprint density at radius 1 is 1.43 bits per heavy atom. The third kappa shape index (κ3) is 3.48. The van der Waals surface area contributed by atoms with Gasteiger partial charge in [0.15, 0.2) is 0 Å². The fourth-order valence-electron chi connectivity index (χ4n) is 3.16. The maximum atomic E-state index is 12.5. The molecular formula is C16H26N4O3. The number of amides is 2. The van der Waals surface area contributed by atoms with Crippen molar-refractivity contribution in [1.29, 1.82) is 0 Å². The van der Waals surface area contributed by atoms with Gasteiger partial charge < -0.3 is 15.0 Å². The molecule has 128 valence electrons. The zero-order chi connectivity index (χ0) is 17.0. The zero-order valence-corrected chi connectivity index (χ0v) is 14.4. The molecule has 1 atom stereocenters. The number of nitrogens with zero attached hydrogens (tertiary/aromatic N) is 3. The molecule has 0 saturated carbocycles. The van der Waals surface area contributed by atoms with Crippen LogP contribution in [0.2, 0.25) is 0 Å². The average molecular weight is 322 g/mol. The van der Waals surface area contributed by atoms with Crippen molar-refractivity contribution in [3.05, 3.63) is 11.3 Å². The number of ether oxygens (including phenoxy) is 1. The molecule has 7 heteroatoms. The number of aromatic nitrogens is 2. The normalized spacial score (nSPS) is 15.8. The molecule has 1 fully saturated rings. The number of hydrogen-bond donors (Lipinski definition) is 1. The Bertz CT molecular complexity index is 582. The van der Waals surface area contributed by atoms with Gasteiger partial charge in [0.25, 0.3) is 0 Å². The molecule has 2 heterocycles. The van der Waals surface area contributed by atoms with Gasteiger partial charge in [0.05, 0.1) is 24.9 Å². The van der Waals surface area contributed by atoms with Gasteiger partial charge in [0.1, 0.15) is 6.04 Å². The summed E-state index contributed by atoms with van der Waals surface area (Å²) in [5.74, 6) is 0.614. The summed E-state index contributed by atoms with van der Waals surface area (Å²) in [6.45, 7) is 4.97. The minimum atomic E-state index is -0.391. The summed E-state index contributed by atoms with van der Waals surface area (Å²) in [7, 11) is 3.42. The molecule has 7 nitrogen and oxygen atoms in total. The second-order valence-electron chi connectivity index (χ2n) is 5.74. The third-order valence-electron chi connectivity index (χ3n) is 4.31. The van der Waals surface area contributed by atoms with Crippen molar-refractivity contribution >= 4 is 11.8 Å². The van der Waals surface area contributed by atoms with Crippen LogP contribution in [0.25, 0.3) is 0 Å². The molecule has 0 aliphatic carbocycles. The molecule has 1 unspecified atom stereocenters. The minimum absolute atomic E-state index is 0.0696. The first-order valence-corrected chi connectivity index (χ1v) is 8.19. The monoisotopic (exact) mass is 322 g/mol. The van der Waals surface area contributed by atoms with E-state index >= 15 is 0 Å². The second kappa shape index (κ2) is 7.48. The van der Waals surface area contributed by atoms with Gasteiger partial charge in [-0.15, -0.1) is 0 Å². The van der Waals surface area contributed by atoms with Crippen LogP contribution in [0.3, 0.4) is 0 Å². The number of rotatable bonds is 7. The topological polar surface area (TPSA) is 76.5 Å². The van der Waals surface area contributed by atoms with Crippen LogP contribution in [0.4, 0.5) is 0 Å². The number of carbonyl (C=O) groups is 2. The lowest BCUT2D eigenvalue weighted by atomic mass is 10.1. The summed E-state index contributed by atoms with van der Waals surface area (Å²) < 4.78 is 7.06. The molecule has 1 aliphatic rings. The molecule has 1 N–H and O–H groups in total. The molecule has 2 rings (SSSR count). The molecule has 0 radical (unpaired) electrons. The first-order valence-electron chi connectivity index (χ1n) is 8.19. The van der Waals surface area contributed by atoms with Gasteiger partial charge in [-0.05, 0) is 19.3 Å². The van der Waals surface area contributed by atoms with Crippen LogP contribution in [0.5, 0.6) is 5.88 Å². The predicted molar refractivity (Wildman–Crippen MR) is 86.0 cm³/mol. The summed E-state index contributed by atoms with van der Waals surface area (Å²) >= 11 is 0. The standard InChI is InChI=1S/C16H26N4O3/c1-5-12-11(16(23-4)19(3)18-12)10-17-15(22)13(6-2)20-9-7-8-14(20)21/h13H,5-10H2,1-4H3,(H,17,22). The third-order valence-corrected chi connectivity index (χ3v) is 4.31. The fourth-order valence-corrected chi connectivity index (χ4v) is 3.16.